The van der Waals surface area contributed by atoms with E-state index in [1.54, 1.807) is 55.5 Å². The highest BCUT2D eigenvalue weighted by molar-refractivity contribution is 5.98. The molecule has 8 heteroatoms. The first-order chi connectivity index (χ1) is 14.4. The van der Waals surface area contributed by atoms with Gasteiger partial charge in [0.2, 0.25) is 5.76 Å². The molecule has 0 fully saturated rings. The second-order valence-electron chi connectivity index (χ2n) is 6.50. The molecule has 3 rings (SSSR count). The van der Waals surface area contributed by atoms with Crippen LogP contribution in [0.25, 0.3) is 11.0 Å². The molecule has 0 spiro atoms. The fourth-order valence-corrected chi connectivity index (χ4v) is 2.80. The molecule has 0 saturated carbocycles. The van der Waals surface area contributed by atoms with Crippen LogP contribution in [-0.4, -0.2) is 30.5 Å². The van der Waals surface area contributed by atoms with Gasteiger partial charge >= 0.3 is 5.97 Å². The van der Waals surface area contributed by atoms with Crippen molar-refractivity contribution in [1.29, 1.82) is 0 Å². The number of benzene rings is 2. The number of nitrogens with one attached hydrogen (secondary N) is 2. The van der Waals surface area contributed by atoms with Crippen LogP contribution in [0.1, 0.15) is 40.3 Å². The Morgan fingerprint density at radius 1 is 1.07 bits per heavy atom. The smallest absolute Gasteiger partial charge is 0.375 e. The minimum atomic E-state index is -1.15. The van der Waals surface area contributed by atoms with Crippen molar-refractivity contribution in [3.63, 3.8) is 0 Å². The van der Waals surface area contributed by atoms with Crippen LogP contribution in [0.3, 0.4) is 0 Å². The standard InChI is InChI=1S/C22H22N2O6/c1-4-28-16-10-11-18-17(12-16)13(2)19(30-18)22(27)29-14(3)20(25)23-24-21(26)15-8-6-5-7-9-15/h5-12,14H,4H2,1-3H3,(H,23,25)(H,24,26)/t14-/m1/s1. The van der Waals surface area contributed by atoms with E-state index in [0.29, 0.717) is 29.1 Å². The lowest BCUT2D eigenvalue weighted by atomic mass is 10.1. The van der Waals surface area contributed by atoms with Crippen molar-refractivity contribution in [1.82, 2.24) is 10.9 Å². The molecular weight excluding hydrogens is 388 g/mol. The summed E-state index contributed by atoms with van der Waals surface area (Å²) < 4.78 is 16.3. The number of rotatable bonds is 6. The lowest BCUT2D eigenvalue weighted by molar-refractivity contribution is -0.129. The molecule has 30 heavy (non-hydrogen) atoms. The Balaban J connectivity index is 1.62. The zero-order chi connectivity index (χ0) is 21.7. The van der Waals surface area contributed by atoms with Crippen molar-refractivity contribution in [2.75, 3.05) is 6.61 Å². The molecule has 0 aliphatic rings. The van der Waals surface area contributed by atoms with Gasteiger partial charge in [-0.1, -0.05) is 18.2 Å². The van der Waals surface area contributed by atoms with Crippen molar-refractivity contribution in [2.45, 2.75) is 26.9 Å². The molecule has 8 nitrogen and oxygen atoms in total. The summed E-state index contributed by atoms with van der Waals surface area (Å²) in [7, 11) is 0. The number of ether oxygens (including phenoxy) is 2. The highest BCUT2D eigenvalue weighted by Crippen LogP contribution is 2.29. The van der Waals surface area contributed by atoms with Crippen LogP contribution in [0.15, 0.2) is 52.9 Å². The predicted octanol–water partition coefficient (Wildman–Crippen LogP) is 3.15. The normalized spacial score (nSPS) is 11.6. The number of hydrogen-bond acceptors (Lipinski definition) is 6. The molecule has 0 unspecified atom stereocenters. The Bertz CT molecular complexity index is 1070. The molecule has 2 amide bonds. The number of hydrazine groups is 1. The fraction of sp³-hybridized carbons (Fsp3) is 0.227. The number of esters is 1. The van der Waals surface area contributed by atoms with Gasteiger partial charge in [-0.05, 0) is 51.1 Å². The number of hydrogen-bond donors (Lipinski definition) is 2. The van der Waals surface area contributed by atoms with E-state index < -0.39 is 23.9 Å². The maximum absolute atomic E-state index is 12.5. The third kappa shape index (κ3) is 4.60. The van der Waals surface area contributed by atoms with E-state index in [2.05, 4.69) is 10.9 Å². The van der Waals surface area contributed by atoms with Crippen molar-refractivity contribution >= 4 is 28.8 Å². The molecule has 0 saturated heterocycles. The third-order valence-corrected chi connectivity index (χ3v) is 4.39. The van der Waals surface area contributed by atoms with Gasteiger partial charge in [-0.25, -0.2) is 4.79 Å². The first-order valence-corrected chi connectivity index (χ1v) is 9.43. The molecule has 0 aliphatic carbocycles. The van der Waals surface area contributed by atoms with E-state index in [4.69, 9.17) is 13.9 Å². The summed E-state index contributed by atoms with van der Waals surface area (Å²) in [5.41, 5.74) is 5.99. The van der Waals surface area contributed by atoms with Crippen LogP contribution in [-0.2, 0) is 9.53 Å². The largest absolute Gasteiger partial charge is 0.494 e. The average Bonchev–Trinajstić information content (AvgIpc) is 3.08. The molecule has 2 aromatic carbocycles. The molecule has 1 aromatic heterocycles. The summed E-state index contributed by atoms with van der Waals surface area (Å²) >= 11 is 0. The van der Waals surface area contributed by atoms with E-state index in [-0.39, 0.29) is 5.76 Å². The van der Waals surface area contributed by atoms with Gasteiger partial charge in [-0.15, -0.1) is 0 Å². The average molecular weight is 410 g/mol. The van der Waals surface area contributed by atoms with Crippen molar-refractivity contribution in [3.05, 3.63) is 65.4 Å². The minimum Gasteiger partial charge on any atom is -0.494 e. The van der Waals surface area contributed by atoms with Gasteiger partial charge in [0.1, 0.15) is 11.3 Å². The number of fused-ring (bicyclic) bond motifs is 1. The maximum Gasteiger partial charge on any atom is 0.375 e. The van der Waals surface area contributed by atoms with E-state index >= 15 is 0 Å². The highest BCUT2D eigenvalue weighted by atomic mass is 16.6. The molecule has 0 bridgehead atoms. The molecule has 2 N–H and O–H groups in total. The molecule has 1 atom stereocenters. The van der Waals surface area contributed by atoms with Crippen molar-refractivity contribution < 1.29 is 28.3 Å². The Morgan fingerprint density at radius 2 is 1.80 bits per heavy atom. The molecule has 3 aromatic rings. The van der Waals surface area contributed by atoms with Gasteiger partial charge in [0.25, 0.3) is 11.8 Å². The van der Waals surface area contributed by atoms with Gasteiger partial charge in [-0.3, -0.25) is 20.4 Å². The summed E-state index contributed by atoms with van der Waals surface area (Å²) in [6, 6.07) is 13.6. The molecule has 0 aliphatic heterocycles. The van der Waals surface area contributed by atoms with Gasteiger partial charge in [0.05, 0.1) is 6.61 Å². The van der Waals surface area contributed by atoms with E-state index in [9.17, 15) is 14.4 Å². The molecule has 156 valence electrons. The van der Waals surface area contributed by atoms with Gasteiger partial charge in [0.15, 0.2) is 6.10 Å². The number of carbonyl (C=O) groups excluding carboxylic acids is 3. The lowest BCUT2D eigenvalue weighted by Crippen LogP contribution is -2.46. The van der Waals surface area contributed by atoms with Crippen molar-refractivity contribution in [3.8, 4) is 5.75 Å². The first kappa shape index (κ1) is 20.9. The number of aryl methyl sites for hydroxylation is 1. The van der Waals surface area contributed by atoms with Crippen LogP contribution in [0.4, 0.5) is 0 Å². The predicted molar refractivity (Wildman–Crippen MR) is 109 cm³/mol. The molecular formula is C22H22N2O6. The quantitative estimate of drug-likeness (QED) is 0.478. The number of furan rings is 1. The Hall–Kier alpha value is -3.81. The monoisotopic (exact) mass is 410 g/mol. The second-order valence-corrected chi connectivity index (χ2v) is 6.50. The number of amides is 2. The molecule has 0 radical (unpaired) electrons. The molecule has 1 heterocycles. The van der Waals surface area contributed by atoms with E-state index in [1.807, 2.05) is 6.92 Å². The van der Waals surface area contributed by atoms with Gasteiger partial charge in [-0.2, -0.15) is 0 Å². The SMILES string of the molecule is CCOc1ccc2oc(C(=O)O[C@H](C)C(=O)NNC(=O)c3ccccc3)c(C)c2c1. The fourth-order valence-electron chi connectivity index (χ4n) is 2.80. The number of carbonyl (C=O) groups is 3. The Labute approximate surface area is 173 Å². The summed E-state index contributed by atoms with van der Waals surface area (Å²) in [4.78, 5) is 36.6. The van der Waals surface area contributed by atoms with Crippen LogP contribution < -0.4 is 15.6 Å². The van der Waals surface area contributed by atoms with Gasteiger partial charge < -0.3 is 13.9 Å². The Kier molecular flexibility index (Phi) is 6.36. The minimum absolute atomic E-state index is 0.00613. The zero-order valence-corrected chi connectivity index (χ0v) is 16.9. The van der Waals surface area contributed by atoms with Gasteiger partial charge in [0, 0.05) is 16.5 Å². The van der Waals surface area contributed by atoms with Crippen molar-refractivity contribution in [2.24, 2.45) is 0 Å². The summed E-state index contributed by atoms with van der Waals surface area (Å²) in [6.45, 7) is 5.52. The summed E-state index contributed by atoms with van der Waals surface area (Å²) in [5.74, 6) is -1.28. The van der Waals surface area contributed by atoms with Crippen LogP contribution in [0.2, 0.25) is 0 Å². The highest BCUT2D eigenvalue weighted by Gasteiger charge is 2.24. The second kappa shape index (κ2) is 9.13. The topological polar surface area (TPSA) is 107 Å². The van der Waals surface area contributed by atoms with Crippen LogP contribution >= 0.6 is 0 Å². The lowest BCUT2D eigenvalue weighted by Gasteiger charge is -2.13. The summed E-state index contributed by atoms with van der Waals surface area (Å²) in [5, 5.41) is 0.722. The van der Waals surface area contributed by atoms with E-state index in [0.717, 1.165) is 5.39 Å². The zero-order valence-electron chi connectivity index (χ0n) is 16.9. The maximum atomic E-state index is 12.5. The Morgan fingerprint density at radius 3 is 2.50 bits per heavy atom. The van der Waals surface area contributed by atoms with Crippen LogP contribution in [0, 0.1) is 6.92 Å². The first-order valence-electron chi connectivity index (χ1n) is 9.43. The van der Waals surface area contributed by atoms with Crippen LogP contribution in [0.5, 0.6) is 5.75 Å². The summed E-state index contributed by atoms with van der Waals surface area (Å²) in [6.07, 6.45) is -1.15. The third-order valence-electron chi connectivity index (χ3n) is 4.39. The van der Waals surface area contributed by atoms with E-state index in [1.165, 1.54) is 6.92 Å².